The second kappa shape index (κ2) is 55.6. The van der Waals surface area contributed by atoms with E-state index in [9.17, 15) is 19.5 Å². The molecule has 2 unspecified atom stereocenters. The largest absolute Gasteiger partial charge is 0.544 e. The Morgan fingerprint density at radius 2 is 0.611 bits per heavy atom. The molecular formula is C64H125NO7. The lowest BCUT2D eigenvalue weighted by Crippen LogP contribution is -2.55. The van der Waals surface area contributed by atoms with Crippen LogP contribution in [0, 0.1) is 0 Å². The molecule has 0 aromatic carbocycles. The number of esters is 2. The van der Waals surface area contributed by atoms with Crippen molar-refractivity contribution in [2.75, 3.05) is 41.0 Å². The van der Waals surface area contributed by atoms with Gasteiger partial charge in [0.2, 0.25) is 0 Å². The van der Waals surface area contributed by atoms with Crippen molar-refractivity contribution in [3.05, 3.63) is 0 Å². The van der Waals surface area contributed by atoms with Gasteiger partial charge in [0.1, 0.15) is 12.6 Å². The number of quaternary nitrogens is 1. The van der Waals surface area contributed by atoms with Crippen LogP contribution in [0.2, 0.25) is 0 Å². The maximum absolute atomic E-state index is 12.9. The van der Waals surface area contributed by atoms with Crippen LogP contribution in [0.3, 0.4) is 0 Å². The molecule has 0 saturated carbocycles. The van der Waals surface area contributed by atoms with Crippen molar-refractivity contribution in [1.82, 2.24) is 0 Å². The minimum absolute atomic E-state index is 0.0504. The molecule has 0 aromatic rings. The quantitative estimate of drug-likeness (QED) is 0.0340. The number of ether oxygens (including phenoxy) is 3. The Morgan fingerprint density at radius 1 is 0.361 bits per heavy atom. The third-order valence-corrected chi connectivity index (χ3v) is 15.2. The van der Waals surface area contributed by atoms with Gasteiger partial charge < -0.3 is 28.6 Å². The molecule has 8 heteroatoms. The minimum atomic E-state index is -1.12. The van der Waals surface area contributed by atoms with Crippen LogP contribution in [-0.4, -0.2) is 75.5 Å². The average molecular weight is 1020 g/mol. The minimum Gasteiger partial charge on any atom is -0.544 e. The SMILES string of the molecule is CCCCCCCCCCCCCCCCCCCCCCCCCCC(=O)OCC(COCCC(C(=O)[O-])[N+](C)(C)C)OC(=O)CCCCCCCCCCCCCCCCCCCCCCCCCC. The fraction of sp³-hybridized carbons (Fsp3) is 0.953. The molecule has 8 nitrogen and oxygen atoms in total. The topological polar surface area (TPSA) is 102 Å². The molecule has 0 bridgehead atoms. The summed E-state index contributed by atoms with van der Waals surface area (Å²) < 4.78 is 17.4. The van der Waals surface area contributed by atoms with Crippen LogP contribution < -0.4 is 5.11 Å². The highest BCUT2D eigenvalue weighted by Gasteiger charge is 2.25. The van der Waals surface area contributed by atoms with Gasteiger partial charge in [0.05, 0.1) is 40.3 Å². The molecule has 0 aliphatic carbocycles. The summed E-state index contributed by atoms with van der Waals surface area (Å²) in [5, 5.41) is 11.7. The number of rotatable bonds is 60. The molecule has 0 amide bonds. The van der Waals surface area contributed by atoms with Gasteiger partial charge in [-0.15, -0.1) is 0 Å². The number of aliphatic carboxylic acids is 1. The zero-order chi connectivity index (χ0) is 52.7. The molecule has 72 heavy (non-hydrogen) atoms. The Hall–Kier alpha value is -1.67. The normalized spacial score (nSPS) is 12.6. The summed E-state index contributed by atoms with van der Waals surface area (Å²) in [5.74, 6) is -1.70. The first-order chi connectivity index (χ1) is 35.1. The van der Waals surface area contributed by atoms with E-state index in [2.05, 4.69) is 13.8 Å². The number of unbranched alkanes of at least 4 members (excludes halogenated alkanes) is 46. The highest BCUT2D eigenvalue weighted by molar-refractivity contribution is 5.70. The number of carbonyl (C=O) groups is 3. The lowest BCUT2D eigenvalue weighted by atomic mass is 10.0. The monoisotopic (exact) mass is 1020 g/mol. The summed E-state index contributed by atoms with van der Waals surface area (Å²) in [7, 11) is 5.45. The van der Waals surface area contributed by atoms with Crippen molar-refractivity contribution in [3.8, 4) is 0 Å². The lowest BCUT2D eigenvalue weighted by molar-refractivity contribution is -0.889. The molecule has 0 rings (SSSR count). The Kier molecular flexibility index (Phi) is 54.3. The molecule has 0 aliphatic rings. The second-order valence-corrected chi connectivity index (χ2v) is 23.4. The van der Waals surface area contributed by atoms with Crippen LogP contribution in [0.15, 0.2) is 0 Å². The summed E-state index contributed by atoms with van der Waals surface area (Å²) in [6.45, 7) is 4.76. The highest BCUT2D eigenvalue weighted by Crippen LogP contribution is 2.19. The van der Waals surface area contributed by atoms with Crippen molar-refractivity contribution < 1.29 is 38.2 Å². The van der Waals surface area contributed by atoms with Crippen molar-refractivity contribution in [1.29, 1.82) is 0 Å². The van der Waals surface area contributed by atoms with Gasteiger partial charge in [-0.2, -0.15) is 0 Å². The van der Waals surface area contributed by atoms with Gasteiger partial charge in [0, 0.05) is 19.3 Å². The third kappa shape index (κ3) is 53.2. The first-order valence-corrected chi connectivity index (χ1v) is 32.1. The summed E-state index contributed by atoms with van der Waals surface area (Å²) in [6, 6.07) is -0.721. The smallest absolute Gasteiger partial charge is 0.306 e. The molecular weight excluding hydrogens is 895 g/mol. The predicted octanol–water partition coefficient (Wildman–Crippen LogP) is 18.2. The molecule has 428 valence electrons. The Bertz CT molecular complexity index is 1140. The molecule has 0 aromatic heterocycles. The lowest BCUT2D eigenvalue weighted by Gasteiger charge is -2.34. The first kappa shape index (κ1) is 70.3. The molecule has 0 N–H and O–H groups in total. The fourth-order valence-electron chi connectivity index (χ4n) is 10.3. The maximum atomic E-state index is 12.9. The van der Waals surface area contributed by atoms with Gasteiger partial charge in [-0.1, -0.05) is 309 Å². The van der Waals surface area contributed by atoms with E-state index in [1.54, 1.807) is 0 Å². The number of carbonyl (C=O) groups excluding carboxylic acids is 3. The first-order valence-electron chi connectivity index (χ1n) is 32.1. The van der Waals surface area contributed by atoms with Gasteiger partial charge in [0.15, 0.2) is 6.10 Å². The van der Waals surface area contributed by atoms with Crippen LogP contribution in [0.5, 0.6) is 0 Å². The predicted molar refractivity (Wildman–Crippen MR) is 305 cm³/mol. The summed E-state index contributed by atoms with van der Waals surface area (Å²) in [6.07, 6.45) is 64.5. The van der Waals surface area contributed by atoms with Gasteiger partial charge in [0.25, 0.3) is 0 Å². The maximum Gasteiger partial charge on any atom is 0.306 e. The Balaban J connectivity index is 4.03. The van der Waals surface area contributed by atoms with Crippen LogP contribution in [0.4, 0.5) is 0 Å². The summed E-state index contributed by atoms with van der Waals surface area (Å²) in [5.41, 5.74) is 0. The molecule has 0 spiro atoms. The van der Waals surface area contributed by atoms with Gasteiger partial charge in [-0.3, -0.25) is 9.59 Å². The van der Waals surface area contributed by atoms with Crippen LogP contribution in [0.1, 0.15) is 341 Å². The zero-order valence-electron chi connectivity index (χ0n) is 49.1. The average Bonchev–Trinajstić information content (AvgIpc) is 3.35. The zero-order valence-corrected chi connectivity index (χ0v) is 49.1. The Morgan fingerprint density at radius 3 is 0.861 bits per heavy atom. The standard InChI is InChI=1S/C64H125NO7/c1-6-8-10-12-14-16-18-20-22-24-26-28-30-32-34-36-38-40-42-44-46-48-50-52-54-62(66)71-59-60(58-70-57-56-61(64(68)69)65(3,4)5)72-63(67)55-53-51-49-47-45-43-41-39-37-35-33-31-29-27-25-23-21-19-17-15-13-11-9-7-2/h60-61H,6-59H2,1-5H3. The molecule has 0 fully saturated rings. The molecule has 0 aliphatic heterocycles. The highest BCUT2D eigenvalue weighted by atomic mass is 16.6. The number of likely N-dealkylation sites (N-methyl/N-ethyl adjacent to an activating group) is 1. The molecule has 0 radical (unpaired) electrons. The van der Waals surface area contributed by atoms with Crippen molar-refractivity contribution in [2.24, 2.45) is 0 Å². The third-order valence-electron chi connectivity index (χ3n) is 15.2. The number of nitrogens with zero attached hydrogens (tertiary/aromatic N) is 1. The van der Waals surface area contributed by atoms with E-state index < -0.39 is 18.1 Å². The van der Waals surface area contributed by atoms with E-state index in [-0.39, 0.29) is 42.7 Å². The number of hydrogen-bond acceptors (Lipinski definition) is 7. The molecule has 2 atom stereocenters. The molecule has 0 heterocycles. The van der Waals surface area contributed by atoms with Crippen molar-refractivity contribution >= 4 is 17.9 Å². The second-order valence-electron chi connectivity index (χ2n) is 23.4. The number of carboxylic acids is 1. The van der Waals surface area contributed by atoms with Crippen LogP contribution in [0.25, 0.3) is 0 Å². The number of hydrogen-bond donors (Lipinski definition) is 0. The van der Waals surface area contributed by atoms with Crippen LogP contribution in [-0.2, 0) is 28.6 Å². The van der Waals surface area contributed by atoms with Crippen molar-refractivity contribution in [3.63, 3.8) is 0 Å². The molecule has 0 saturated heterocycles. The van der Waals surface area contributed by atoms with Gasteiger partial charge in [-0.25, -0.2) is 0 Å². The number of carboxylic acid groups (broad SMARTS) is 1. The Labute approximate surface area is 448 Å². The van der Waals surface area contributed by atoms with Gasteiger partial charge >= 0.3 is 11.9 Å². The summed E-state index contributed by atoms with van der Waals surface area (Å²) >= 11 is 0. The van der Waals surface area contributed by atoms with E-state index >= 15 is 0 Å². The van der Waals surface area contributed by atoms with Crippen molar-refractivity contribution in [2.45, 2.75) is 353 Å². The van der Waals surface area contributed by atoms with E-state index in [0.717, 1.165) is 38.5 Å². The van der Waals surface area contributed by atoms with Gasteiger partial charge in [-0.05, 0) is 12.8 Å². The van der Waals surface area contributed by atoms with E-state index in [1.807, 2.05) is 21.1 Å². The van der Waals surface area contributed by atoms with E-state index in [0.29, 0.717) is 12.8 Å². The van der Waals surface area contributed by atoms with Crippen LogP contribution >= 0.6 is 0 Å². The van der Waals surface area contributed by atoms with E-state index in [1.165, 1.54) is 270 Å². The fourth-order valence-corrected chi connectivity index (χ4v) is 10.3. The van der Waals surface area contributed by atoms with E-state index in [4.69, 9.17) is 14.2 Å². The summed E-state index contributed by atoms with van der Waals surface area (Å²) in [4.78, 5) is 37.3.